The van der Waals surface area contributed by atoms with Crippen LogP contribution in [-0.2, 0) is 9.59 Å². The van der Waals surface area contributed by atoms with Crippen LogP contribution in [0.15, 0.2) is 24.3 Å². The zero-order valence-corrected chi connectivity index (χ0v) is 11.4. The van der Waals surface area contributed by atoms with Crippen LogP contribution >= 0.6 is 12.2 Å². The number of rotatable bonds is 3. The Morgan fingerprint density at radius 3 is 2.37 bits per heavy atom. The van der Waals surface area contributed by atoms with E-state index in [1.165, 1.54) is 0 Å². The predicted octanol–water partition coefficient (Wildman–Crippen LogP) is 0.456. The fourth-order valence-electron chi connectivity index (χ4n) is 2.11. The lowest BCUT2D eigenvalue weighted by molar-refractivity contribution is -0.144. The number of nitrogens with zero attached hydrogens (tertiary/aromatic N) is 2. The van der Waals surface area contributed by atoms with Crippen LogP contribution in [0, 0.1) is 6.92 Å². The van der Waals surface area contributed by atoms with Gasteiger partial charge in [0.15, 0.2) is 0 Å². The normalized spacial score (nSPS) is 15.8. The van der Waals surface area contributed by atoms with Crippen molar-refractivity contribution in [2.24, 2.45) is 5.73 Å². The maximum atomic E-state index is 12.0. The van der Waals surface area contributed by atoms with Crippen molar-refractivity contribution in [2.45, 2.75) is 6.92 Å². The van der Waals surface area contributed by atoms with E-state index in [0.29, 0.717) is 0 Å². The Bertz CT molecular complexity index is 526. The molecule has 0 atom stereocenters. The number of thiocarbonyl (C=S) groups is 1. The summed E-state index contributed by atoms with van der Waals surface area (Å²) in [6.45, 7) is 2.30. The standard InChI is InChI=1S/C13H15N3O2S/c1-9-4-2-3-5-10(9)15-7-12(17)16(6-11(14)19)13(18)8-15/h2-5H,6-8H2,1H3,(H2,14,19). The fraction of sp³-hybridized carbons (Fsp3) is 0.308. The summed E-state index contributed by atoms with van der Waals surface area (Å²) < 4.78 is 0. The summed E-state index contributed by atoms with van der Waals surface area (Å²) in [4.78, 5) is 27.0. The zero-order valence-electron chi connectivity index (χ0n) is 10.6. The first-order valence-electron chi connectivity index (χ1n) is 5.91. The number of carbonyl (C=O) groups excluding carboxylic acids is 2. The molecule has 1 aliphatic heterocycles. The number of amides is 2. The fourth-order valence-corrected chi connectivity index (χ4v) is 2.24. The topological polar surface area (TPSA) is 66.6 Å². The van der Waals surface area contributed by atoms with Crippen LogP contribution < -0.4 is 10.6 Å². The number of anilines is 1. The molecule has 2 amide bonds. The zero-order chi connectivity index (χ0) is 14.0. The minimum atomic E-state index is -0.271. The minimum Gasteiger partial charge on any atom is -0.392 e. The number of para-hydroxylation sites is 1. The van der Waals surface area contributed by atoms with Crippen LogP contribution in [-0.4, -0.2) is 41.3 Å². The van der Waals surface area contributed by atoms with Gasteiger partial charge in [-0.15, -0.1) is 0 Å². The largest absolute Gasteiger partial charge is 0.392 e. The first kappa shape index (κ1) is 13.5. The molecule has 1 aromatic carbocycles. The smallest absolute Gasteiger partial charge is 0.249 e. The molecule has 1 aliphatic rings. The molecule has 6 heteroatoms. The van der Waals surface area contributed by atoms with Crippen molar-refractivity contribution < 1.29 is 9.59 Å². The second kappa shape index (κ2) is 5.36. The van der Waals surface area contributed by atoms with Crippen LogP contribution in [0.25, 0.3) is 0 Å². The van der Waals surface area contributed by atoms with Crippen molar-refractivity contribution in [1.29, 1.82) is 0 Å². The lowest BCUT2D eigenvalue weighted by Gasteiger charge is -2.34. The Morgan fingerprint density at radius 1 is 1.26 bits per heavy atom. The van der Waals surface area contributed by atoms with Gasteiger partial charge in [-0.2, -0.15) is 0 Å². The number of nitrogens with two attached hydrogens (primary N) is 1. The Labute approximate surface area is 117 Å². The molecule has 0 spiro atoms. The Hall–Kier alpha value is -1.95. The Morgan fingerprint density at radius 2 is 1.84 bits per heavy atom. The molecule has 19 heavy (non-hydrogen) atoms. The summed E-state index contributed by atoms with van der Waals surface area (Å²) in [5, 5.41) is 0. The number of hydrogen-bond acceptors (Lipinski definition) is 4. The number of piperazine rings is 1. The molecule has 100 valence electrons. The van der Waals surface area contributed by atoms with Gasteiger partial charge in [0, 0.05) is 5.69 Å². The van der Waals surface area contributed by atoms with Gasteiger partial charge in [0.05, 0.1) is 24.6 Å². The molecule has 1 heterocycles. The van der Waals surface area contributed by atoms with Crippen LogP contribution in [0.3, 0.4) is 0 Å². The second-order valence-corrected chi connectivity index (χ2v) is 5.01. The highest BCUT2D eigenvalue weighted by Gasteiger charge is 2.31. The minimum absolute atomic E-state index is 0.0224. The van der Waals surface area contributed by atoms with Gasteiger partial charge in [0.25, 0.3) is 0 Å². The summed E-state index contributed by atoms with van der Waals surface area (Å²) in [6, 6.07) is 7.66. The van der Waals surface area contributed by atoms with Gasteiger partial charge in [-0.1, -0.05) is 30.4 Å². The SMILES string of the molecule is Cc1ccccc1N1CC(=O)N(CC(N)=S)C(=O)C1. The van der Waals surface area contributed by atoms with Gasteiger partial charge >= 0.3 is 0 Å². The molecule has 2 rings (SSSR count). The molecule has 0 aliphatic carbocycles. The molecular formula is C13H15N3O2S. The molecule has 0 aromatic heterocycles. The molecule has 1 fully saturated rings. The second-order valence-electron chi connectivity index (χ2n) is 4.48. The summed E-state index contributed by atoms with van der Waals surface area (Å²) in [7, 11) is 0. The van der Waals surface area contributed by atoms with Crippen molar-refractivity contribution in [3.63, 3.8) is 0 Å². The Balaban J connectivity index is 2.18. The van der Waals surface area contributed by atoms with Crippen molar-refractivity contribution in [2.75, 3.05) is 24.5 Å². The first-order chi connectivity index (χ1) is 8.99. The summed E-state index contributed by atoms with van der Waals surface area (Å²) in [5.74, 6) is -0.542. The van der Waals surface area contributed by atoms with Crippen LogP contribution in [0.2, 0.25) is 0 Å². The van der Waals surface area contributed by atoms with E-state index in [-0.39, 0.29) is 36.4 Å². The van der Waals surface area contributed by atoms with Crippen molar-refractivity contribution >= 4 is 34.7 Å². The van der Waals surface area contributed by atoms with E-state index in [1.54, 1.807) is 4.90 Å². The monoisotopic (exact) mass is 277 g/mol. The Kier molecular flexibility index (Phi) is 3.80. The van der Waals surface area contributed by atoms with Gasteiger partial charge < -0.3 is 10.6 Å². The average molecular weight is 277 g/mol. The van der Waals surface area contributed by atoms with Gasteiger partial charge in [0.1, 0.15) is 0 Å². The molecule has 1 aromatic rings. The summed E-state index contributed by atoms with van der Waals surface area (Å²) >= 11 is 4.74. The number of hydrogen-bond donors (Lipinski definition) is 1. The van der Waals surface area contributed by atoms with Crippen molar-refractivity contribution in [1.82, 2.24) is 4.90 Å². The molecule has 0 saturated carbocycles. The van der Waals surface area contributed by atoms with Gasteiger partial charge in [-0.05, 0) is 18.6 Å². The summed E-state index contributed by atoms with van der Waals surface area (Å²) in [5.41, 5.74) is 7.32. The van der Waals surface area contributed by atoms with Crippen LogP contribution in [0.5, 0.6) is 0 Å². The lowest BCUT2D eigenvalue weighted by atomic mass is 10.1. The lowest BCUT2D eigenvalue weighted by Crippen LogP contribution is -2.56. The number of carbonyl (C=O) groups is 2. The quantitative estimate of drug-likeness (QED) is 0.642. The third kappa shape index (κ3) is 2.90. The van der Waals surface area contributed by atoms with Crippen LogP contribution in [0.1, 0.15) is 5.56 Å². The van der Waals surface area contributed by atoms with E-state index in [0.717, 1.165) is 16.2 Å². The van der Waals surface area contributed by atoms with E-state index >= 15 is 0 Å². The number of aryl methyl sites for hydroxylation is 1. The number of benzene rings is 1. The van der Waals surface area contributed by atoms with E-state index in [4.69, 9.17) is 18.0 Å². The highest BCUT2D eigenvalue weighted by molar-refractivity contribution is 7.80. The van der Waals surface area contributed by atoms with Gasteiger partial charge in [-0.3, -0.25) is 14.5 Å². The maximum absolute atomic E-state index is 12.0. The van der Waals surface area contributed by atoms with E-state index in [2.05, 4.69) is 0 Å². The third-order valence-electron chi connectivity index (χ3n) is 3.02. The predicted molar refractivity (Wildman–Crippen MR) is 76.9 cm³/mol. The van der Waals surface area contributed by atoms with Gasteiger partial charge in [-0.25, -0.2) is 0 Å². The van der Waals surface area contributed by atoms with Crippen LogP contribution in [0.4, 0.5) is 5.69 Å². The molecule has 2 N–H and O–H groups in total. The first-order valence-corrected chi connectivity index (χ1v) is 6.32. The molecule has 0 radical (unpaired) electrons. The maximum Gasteiger partial charge on any atom is 0.249 e. The van der Waals surface area contributed by atoms with E-state index in [9.17, 15) is 9.59 Å². The average Bonchev–Trinajstić information content (AvgIpc) is 2.34. The highest BCUT2D eigenvalue weighted by Crippen LogP contribution is 2.21. The summed E-state index contributed by atoms with van der Waals surface area (Å²) in [6.07, 6.45) is 0. The van der Waals surface area contributed by atoms with E-state index < -0.39 is 0 Å². The molecule has 1 saturated heterocycles. The molecular weight excluding hydrogens is 262 g/mol. The molecule has 0 bridgehead atoms. The van der Waals surface area contributed by atoms with Gasteiger partial charge in [0.2, 0.25) is 11.8 Å². The molecule has 0 unspecified atom stereocenters. The molecule has 5 nitrogen and oxygen atoms in total. The highest BCUT2D eigenvalue weighted by atomic mass is 32.1. The third-order valence-corrected chi connectivity index (χ3v) is 3.15. The van der Waals surface area contributed by atoms with Crippen molar-refractivity contribution in [3.05, 3.63) is 29.8 Å². The number of imide groups is 1. The van der Waals surface area contributed by atoms with E-state index in [1.807, 2.05) is 31.2 Å². The van der Waals surface area contributed by atoms with Crippen molar-refractivity contribution in [3.8, 4) is 0 Å².